The topological polar surface area (TPSA) is 106 Å². The number of rotatable bonds is 9. The fourth-order valence-electron chi connectivity index (χ4n) is 5.80. The third-order valence-electron chi connectivity index (χ3n) is 8.00. The van der Waals surface area contributed by atoms with Gasteiger partial charge in [-0.1, -0.05) is 0 Å². The lowest BCUT2D eigenvalue weighted by atomic mass is 9.82. The van der Waals surface area contributed by atoms with Gasteiger partial charge in [-0.2, -0.15) is 0 Å². The molecule has 1 aromatic rings. The Labute approximate surface area is 219 Å². The molecule has 0 spiro atoms. The van der Waals surface area contributed by atoms with Crippen molar-refractivity contribution >= 4 is 11.9 Å². The number of hydrogen-bond donors (Lipinski definition) is 1. The van der Waals surface area contributed by atoms with Crippen molar-refractivity contribution in [3.8, 4) is 0 Å². The molecule has 1 saturated carbocycles. The molecule has 37 heavy (non-hydrogen) atoms. The molecule has 4 atom stereocenters. The molecule has 4 unspecified atom stereocenters. The van der Waals surface area contributed by atoms with E-state index < -0.39 is 6.29 Å². The minimum absolute atomic E-state index is 0.0138. The van der Waals surface area contributed by atoms with Crippen molar-refractivity contribution in [2.75, 3.05) is 53.0 Å². The standard InChI is InChI=1S/C27H41N5O5/c1-6-36-27-25-20(7-8-21(25)22(16-37-27)26(34)35-5)13-28-24(33)15-32-11-9-31(10-12-32)14-23-19(4)29-17(2)18(3)30-23/h16,20-21,25,27H,6-15H2,1-5H3,(H,28,33). The lowest BCUT2D eigenvalue weighted by molar-refractivity contribution is -0.165. The molecule has 1 saturated heterocycles. The Bertz CT molecular complexity index is 1010. The lowest BCUT2D eigenvalue weighted by Crippen LogP contribution is -2.50. The predicted molar refractivity (Wildman–Crippen MR) is 137 cm³/mol. The third kappa shape index (κ3) is 6.48. The summed E-state index contributed by atoms with van der Waals surface area (Å²) in [5, 5.41) is 3.14. The molecule has 1 N–H and O–H groups in total. The Balaban J connectivity index is 1.24. The smallest absolute Gasteiger partial charge is 0.337 e. The summed E-state index contributed by atoms with van der Waals surface area (Å²) in [7, 11) is 1.39. The van der Waals surface area contributed by atoms with Crippen LogP contribution in [-0.2, 0) is 30.3 Å². The molecular weight excluding hydrogens is 474 g/mol. The van der Waals surface area contributed by atoms with E-state index in [2.05, 4.69) is 20.1 Å². The number of fused-ring (bicyclic) bond motifs is 1. The normalized spacial score (nSPS) is 26.2. The van der Waals surface area contributed by atoms with Gasteiger partial charge in [0.15, 0.2) is 0 Å². The van der Waals surface area contributed by atoms with E-state index in [1.54, 1.807) is 0 Å². The molecule has 1 aliphatic carbocycles. The van der Waals surface area contributed by atoms with Crippen molar-refractivity contribution in [2.45, 2.75) is 53.4 Å². The quantitative estimate of drug-likeness (QED) is 0.492. The van der Waals surface area contributed by atoms with Gasteiger partial charge >= 0.3 is 5.97 Å². The summed E-state index contributed by atoms with van der Waals surface area (Å²) < 4.78 is 16.6. The summed E-state index contributed by atoms with van der Waals surface area (Å²) >= 11 is 0. The van der Waals surface area contributed by atoms with E-state index in [9.17, 15) is 9.59 Å². The maximum Gasteiger partial charge on any atom is 0.337 e. The van der Waals surface area contributed by atoms with Crippen molar-refractivity contribution in [2.24, 2.45) is 17.8 Å². The summed E-state index contributed by atoms with van der Waals surface area (Å²) in [6.45, 7) is 13.6. The van der Waals surface area contributed by atoms with Crippen molar-refractivity contribution in [3.63, 3.8) is 0 Å². The lowest BCUT2D eigenvalue weighted by Gasteiger charge is -2.36. The van der Waals surface area contributed by atoms with Crippen LogP contribution in [0, 0.1) is 38.5 Å². The van der Waals surface area contributed by atoms with Crippen LogP contribution in [0.4, 0.5) is 0 Å². The van der Waals surface area contributed by atoms with Crippen LogP contribution in [0.25, 0.3) is 0 Å². The number of aryl methyl sites for hydroxylation is 3. The Kier molecular flexibility index (Phi) is 9.15. The maximum atomic E-state index is 12.8. The van der Waals surface area contributed by atoms with Gasteiger partial charge < -0.3 is 19.5 Å². The van der Waals surface area contributed by atoms with Crippen molar-refractivity contribution in [3.05, 3.63) is 34.6 Å². The van der Waals surface area contributed by atoms with E-state index in [-0.39, 0.29) is 29.6 Å². The Morgan fingerprint density at radius 1 is 1.05 bits per heavy atom. The van der Waals surface area contributed by atoms with Gasteiger partial charge in [0.25, 0.3) is 0 Å². The number of methoxy groups -OCH3 is 1. The summed E-state index contributed by atoms with van der Waals surface area (Å²) in [5.74, 6) is -0.106. The molecule has 4 rings (SSSR count). The molecule has 1 amide bonds. The average Bonchev–Trinajstić information content (AvgIpc) is 3.31. The fourth-order valence-corrected chi connectivity index (χ4v) is 5.80. The van der Waals surface area contributed by atoms with Crippen LogP contribution in [0.15, 0.2) is 11.8 Å². The largest absolute Gasteiger partial charge is 0.472 e. The second-order valence-electron chi connectivity index (χ2n) is 10.3. The molecule has 2 fully saturated rings. The summed E-state index contributed by atoms with van der Waals surface area (Å²) in [6.07, 6.45) is 2.84. The van der Waals surface area contributed by atoms with Crippen LogP contribution in [0.3, 0.4) is 0 Å². The van der Waals surface area contributed by atoms with E-state index >= 15 is 0 Å². The van der Waals surface area contributed by atoms with Crippen LogP contribution in [0.2, 0.25) is 0 Å². The van der Waals surface area contributed by atoms with E-state index in [1.807, 2.05) is 27.7 Å². The number of amides is 1. The molecule has 3 heterocycles. The van der Waals surface area contributed by atoms with Gasteiger partial charge in [-0.05, 0) is 46.5 Å². The summed E-state index contributed by atoms with van der Waals surface area (Å²) in [6, 6.07) is 0. The molecule has 1 aromatic heterocycles. The second-order valence-corrected chi connectivity index (χ2v) is 10.3. The molecule has 204 valence electrons. The Morgan fingerprint density at radius 3 is 2.46 bits per heavy atom. The number of carbonyl (C=O) groups is 2. The highest BCUT2D eigenvalue weighted by Gasteiger charge is 2.48. The highest BCUT2D eigenvalue weighted by atomic mass is 16.7. The number of ether oxygens (including phenoxy) is 3. The van der Waals surface area contributed by atoms with Gasteiger partial charge in [0, 0.05) is 57.7 Å². The van der Waals surface area contributed by atoms with Crippen molar-refractivity contribution in [1.82, 2.24) is 25.1 Å². The van der Waals surface area contributed by atoms with Crippen LogP contribution < -0.4 is 5.32 Å². The predicted octanol–water partition coefficient (Wildman–Crippen LogP) is 1.73. The molecular formula is C27H41N5O5. The van der Waals surface area contributed by atoms with Gasteiger partial charge in [0.1, 0.15) is 0 Å². The third-order valence-corrected chi connectivity index (χ3v) is 8.00. The van der Waals surface area contributed by atoms with E-state index in [0.717, 1.165) is 68.3 Å². The number of hydrogen-bond acceptors (Lipinski definition) is 9. The molecule has 3 aliphatic rings. The molecule has 0 bridgehead atoms. The highest BCUT2D eigenvalue weighted by molar-refractivity contribution is 5.89. The maximum absolute atomic E-state index is 12.8. The van der Waals surface area contributed by atoms with E-state index in [4.69, 9.17) is 19.2 Å². The van der Waals surface area contributed by atoms with E-state index in [0.29, 0.717) is 25.3 Å². The van der Waals surface area contributed by atoms with Crippen molar-refractivity contribution < 1.29 is 23.8 Å². The number of nitrogens with zero attached hydrogens (tertiary/aromatic N) is 4. The zero-order valence-electron chi connectivity index (χ0n) is 22.8. The Hall–Kier alpha value is -2.56. The second kappa shape index (κ2) is 12.3. The minimum atomic E-state index is -0.411. The number of piperazine rings is 1. The van der Waals surface area contributed by atoms with Crippen LogP contribution >= 0.6 is 0 Å². The monoisotopic (exact) mass is 515 g/mol. The van der Waals surface area contributed by atoms with Crippen LogP contribution in [-0.4, -0.2) is 90.9 Å². The van der Waals surface area contributed by atoms with Crippen LogP contribution in [0.5, 0.6) is 0 Å². The summed E-state index contributed by atoms with van der Waals surface area (Å²) in [4.78, 5) is 39.0. The number of carbonyl (C=O) groups excluding carboxylic acids is 2. The number of nitrogens with one attached hydrogen (secondary N) is 1. The first kappa shape index (κ1) is 27.5. The fraction of sp³-hybridized carbons (Fsp3) is 0.704. The SMILES string of the molecule is CCOC1OC=C(C(=O)OC)C2CCC(CNC(=O)CN3CCN(Cc4nc(C)c(C)nc4C)CC3)C12. The van der Waals surface area contributed by atoms with E-state index in [1.165, 1.54) is 13.4 Å². The number of aromatic nitrogens is 2. The van der Waals surface area contributed by atoms with Gasteiger partial charge in [0.05, 0.1) is 48.3 Å². The first-order valence-electron chi connectivity index (χ1n) is 13.4. The molecule has 2 aliphatic heterocycles. The molecule has 10 nitrogen and oxygen atoms in total. The average molecular weight is 516 g/mol. The Morgan fingerprint density at radius 2 is 1.76 bits per heavy atom. The van der Waals surface area contributed by atoms with Crippen LogP contribution in [0.1, 0.15) is 42.5 Å². The van der Waals surface area contributed by atoms with Gasteiger partial charge in [-0.25, -0.2) is 4.79 Å². The summed E-state index contributed by atoms with van der Waals surface area (Å²) in [5.41, 5.74) is 4.55. The number of esters is 1. The van der Waals surface area contributed by atoms with Gasteiger partial charge in [-0.3, -0.25) is 24.6 Å². The van der Waals surface area contributed by atoms with Crippen molar-refractivity contribution in [1.29, 1.82) is 0 Å². The molecule has 0 radical (unpaired) electrons. The van der Waals surface area contributed by atoms with Gasteiger partial charge in [-0.15, -0.1) is 0 Å². The molecule has 10 heteroatoms. The minimum Gasteiger partial charge on any atom is -0.472 e. The first-order valence-corrected chi connectivity index (χ1v) is 13.4. The zero-order valence-corrected chi connectivity index (χ0v) is 22.8. The van der Waals surface area contributed by atoms with Gasteiger partial charge in [0.2, 0.25) is 12.2 Å². The zero-order chi connectivity index (χ0) is 26.5. The highest BCUT2D eigenvalue weighted by Crippen LogP contribution is 2.46. The first-order chi connectivity index (χ1) is 17.8. The molecule has 0 aromatic carbocycles.